The summed E-state index contributed by atoms with van der Waals surface area (Å²) in [5, 5.41) is 2.99. The van der Waals surface area contributed by atoms with Crippen LogP contribution in [0.1, 0.15) is 33.2 Å². The number of rotatable bonds is 4. The Morgan fingerprint density at radius 2 is 2.06 bits per heavy atom. The van der Waals surface area contributed by atoms with Crippen molar-refractivity contribution < 1.29 is 0 Å². The maximum Gasteiger partial charge on any atom is 0.330 e. The number of nitrogens with one attached hydrogen (secondary N) is 3. The molecule has 1 unspecified atom stereocenters. The van der Waals surface area contributed by atoms with Gasteiger partial charge in [0, 0.05) is 12.6 Å². The van der Waals surface area contributed by atoms with E-state index in [0.29, 0.717) is 23.7 Å². The molecule has 0 saturated carbocycles. The fourth-order valence-electron chi connectivity index (χ4n) is 1.86. The topological polar surface area (TPSA) is 95.6 Å². The lowest BCUT2D eigenvalue weighted by molar-refractivity contribution is 0.517. The molecule has 0 amide bonds. The summed E-state index contributed by atoms with van der Waals surface area (Å²) in [6.07, 6.45) is 0.782. The van der Waals surface area contributed by atoms with Crippen molar-refractivity contribution in [3.63, 3.8) is 0 Å². The first-order valence-electron chi connectivity index (χ1n) is 6.06. The Kier molecular flexibility index (Phi) is 3.22. The Morgan fingerprint density at radius 3 is 2.67 bits per heavy atom. The third-order valence-corrected chi connectivity index (χ3v) is 2.96. The molecule has 0 fully saturated rings. The highest BCUT2D eigenvalue weighted by Gasteiger charge is 2.15. The van der Waals surface area contributed by atoms with Crippen molar-refractivity contribution in [2.75, 3.05) is 11.9 Å². The van der Waals surface area contributed by atoms with Gasteiger partial charge in [-0.1, -0.05) is 6.92 Å². The number of H-pyrrole nitrogens is 2. The zero-order valence-corrected chi connectivity index (χ0v) is 10.7. The monoisotopic (exact) mass is 251 g/mol. The van der Waals surface area contributed by atoms with Gasteiger partial charge in [0.15, 0.2) is 11.2 Å². The second-order valence-electron chi connectivity index (χ2n) is 4.20. The minimum atomic E-state index is -0.439. The third kappa shape index (κ3) is 1.92. The molecule has 98 valence electrons. The number of aromatic amines is 2. The van der Waals surface area contributed by atoms with Crippen LogP contribution in [0.15, 0.2) is 9.59 Å². The Bertz CT molecular complexity index is 666. The van der Waals surface area contributed by atoms with E-state index in [1.54, 1.807) is 0 Å². The van der Waals surface area contributed by atoms with Gasteiger partial charge in [0.25, 0.3) is 5.56 Å². The summed E-state index contributed by atoms with van der Waals surface area (Å²) in [5.74, 6) is 0.501. The van der Waals surface area contributed by atoms with E-state index < -0.39 is 11.2 Å². The Hall–Kier alpha value is -2.05. The number of imidazole rings is 1. The first-order valence-corrected chi connectivity index (χ1v) is 6.06. The van der Waals surface area contributed by atoms with Gasteiger partial charge < -0.3 is 10.3 Å². The van der Waals surface area contributed by atoms with E-state index in [1.807, 2.05) is 20.8 Å². The van der Waals surface area contributed by atoms with Crippen LogP contribution < -0.4 is 16.6 Å². The zero-order chi connectivity index (χ0) is 13.3. The second kappa shape index (κ2) is 4.67. The van der Waals surface area contributed by atoms with Crippen LogP contribution in [0.3, 0.4) is 0 Å². The lowest BCUT2D eigenvalue weighted by atomic mass is 10.2. The summed E-state index contributed by atoms with van der Waals surface area (Å²) < 4.78 is 1.51. The highest BCUT2D eigenvalue weighted by molar-refractivity contribution is 5.72. The number of hydrogen-bond acceptors (Lipinski definition) is 4. The normalized spacial score (nSPS) is 12.8. The van der Waals surface area contributed by atoms with Gasteiger partial charge in [0.2, 0.25) is 5.95 Å². The van der Waals surface area contributed by atoms with E-state index in [4.69, 9.17) is 0 Å². The number of hydrogen-bond donors (Lipinski definition) is 3. The molecular weight excluding hydrogens is 234 g/mol. The van der Waals surface area contributed by atoms with Crippen LogP contribution in [0, 0.1) is 0 Å². The fraction of sp³-hybridized carbons (Fsp3) is 0.545. The van der Waals surface area contributed by atoms with Gasteiger partial charge in [-0.25, -0.2) is 4.79 Å². The Balaban J connectivity index is 2.76. The predicted molar refractivity (Wildman–Crippen MR) is 70.1 cm³/mol. The molecule has 0 saturated heterocycles. The molecule has 0 aromatic carbocycles. The number of anilines is 1. The molecule has 0 aliphatic heterocycles. The van der Waals surface area contributed by atoms with Crippen molar-refractivity contribution in [2.24, 2.45) is 0 Å². The van der Waals surface area contributed by atoms with E-state index >= 15 is 0 Å². The fourth-order valence-corrected chi connectivity index (χ4v) is 1.86. The smallest absolute Gasteiger partial charge is 0.330 e. The minimum Gasteiger partial charge on any atom is -0.356 e. The summed E-state index contributed by atoms with van der Waals surface area (Å²) in [5.41, 5.74) is -0.137. The number of nitrogens with zero attached hydrogens (tertiary/aromatic N) is 2. The maximum absolute atomic E-state index is 11.9. The Labute approximate surface area is 103 Å². The molecule has 0 spiro atoms. The van der Waals surface area contributed by atoms with Gasteiger partial charge in [-0.05, 0) is 20.3 Å². The third-order valence-electron chi connectivity index (χ3n) is 2.96. The van der Waals surface area contributed by atoms with Gasteiger partial charge in [-0.15, -0.1) is 0 Å². The van der Waals surface area contributed by atoms with E-state index in [2.05, 4.69) is 20.3 Å². The molecule has 7 nitrogen and oxygen atoms in total. The van der Waals surface area contributed by atoms with Crippen LogP contribution >= 0.6 is 0 Å². The van der Waals surface area contributed by atoms with Crippen LogP contribution in [-0.2, 0) is 0 Å². The van der Waals surface area contributed by atoms with E-state index in [9.17, 15) is 9.59 Å². The molecule has 7 heteroatoms. The summed E-state index contributed by atoms with van der Waals surface area (Å²) in [4.78, 5) is 33.0. The minimum absolute atomic E-state index is 0.0189. The van der Waals surface area contributed by atoms with Gasteiger partial charge in [0.05, 0.1) is 0 Å². The van der Waals surface area contributed by atoms with E-state index in [1.165, 1.54) is 4.57 Å². The standard InChI is InChI=1S/C11H17N5O2/c1-4-6(3)16-8-7(9(17)15-11(16)18)13-10(14-8)12-5-2/h6H,4-5H2,1-3H3,(H2,12,13,14)(H,15,17,18). The van der Waals surface area contributed by atoms with E-state index in [-0.39, 0.29) is 6.04 Å². The average molecular weight is 251 g/mol. The summed E-state index contributed by atoms with van der Waals surface area (Å²) in [6, 6.07) is -0.0189. The number of aromatic nitrogens is 4. The van der Waals surface area contributed by atoms with Gasteiger partial charge >= 0.3 is 5.69 Å². The first-order chi connectivity index (χ1) is 8.58. The van der Waals surface area contributed by atoms with Gasteiger partial charge in [-0.3, -0.25) is 14.3 Å². The van der Waals surface area contributed by atoms with Crippen LogP contribution in [0.2, 0.25) is 0 Å². The average Bonchev–Trinajstić information content (AvgIpc) is 2.73. The molecule has 3 N–H and O–H groups in total. The van der Waals surface area contributed by atoms with Crippen LogP contribution in [0.4, 0.5) is 5.95 Å². The molecular formula is C11H17N5O2. The quantitative estimate of drug-likeness (QED) is 0.749. The second-order valence-corrected chi connectivity index (χ2v) is 4.20. The molecule has 18 heavy (non-hydrogen) atoms. The lowest BCUT2D eigenvalue weighted by Gasteiger charge is -2.12. The zero-order valence-electron chi connectivity index (χ0n) is 10.7. The highest BCUT2D eigenvalue weighted by Crippen LogP contribution is 2.14. The molecule has 0 radical (unpaired) electrons. The van der Waals surface area contributed by atoms with Crippen molar-refractivity contribution in [1.29, 1.82) is 0 Å². The van der Waals surface area contributed by atoms with Crippen LogP contribution in [0.25, 0.3) is 11.2 Å². The molecule has 2 rings (SSSR count). The van der Waals surface area contributed by atoms with Crippen molar-refractivity contribution in [3.8, 4) is 0 Å². The van der Waals surface area contributed by atoms with Crippen molar-refractivity contribution in [3.05, 3.63) is 20.8 Å². The molecule has 2 heterocycles. The van der Waals surface area contributed by atoms with Crippen LogP contribution in [0.5, 0.6) is 0 Å². The van der Waals surface area contributed by atoms with Crippen LogP contribution in [-0.4, -0.2) is 26.1 Å². The van der Waals surface area contributed by atoms with Crippen molar-refractivity contribution >= 4 is 17.1 Å². The first kappa shape index (κ1) is 12.4. The maximum atomic E-state index is 11.9. The highest BCUT2D eigenvalue weighted by atomic mass is 16.2. The largest absolute Gasteiger partial charge is 0.356 e. The summed E-state index contributed by atoms with van der Waals surface area (Å²) in [7, 11) is 0. The molecule has 1 atom stereocenters. The van der Waals surface area contributed by atoms with Gasteiger partial charge in [0.1, 0.15) is 0 Å². The summed E-state index contributed by atoms with van der Waals surface area (Å²) >= 11 is 0. The Morgan fingerprint density at radius 1 is 1.33 bits per heavy atom. The molecule has 0 aliphatic rings. The summed E-state index contributed by atoms with van der Waals surface area (Å²) in [6.45, 7) is 6.51. The molecule has 0 bridgehead atoms. The molecule has 2 aromatic rings. The SMILES string of the molecule is CCNc1nc2c([nH]1)c(=O)[nH]c(=O)n2C(C)CC. The van der Waals surface area contributed by atoms with Gasteiger partial charge in [-0.2, -0.15) is 4.98 Å². The lowest BCUT2D eigenvalue weighted by Crippen LogP contribution is -2.32. The molecule has 0 aliphatic carbocycles. The van der Waals surface area contributed by atoms with Crippen molar-refractivity contribution in [1.82, 2.24) is 19.5 Å². The molecule has 2 aromatic heterocycles. The number of fused-ring (bicyclic) bond motifs is 1. The predicted octanol–water partition coefficient (Wildman–Crippen LogP) is 0.816. The van der Waals surface area contributed by atoms with E-state index in [0.717, 1.165) is 6.42 Å². The van der Waals surface area contributed by atoms with Crippen molar-refractivity contribution in [2.45, 2.75) is 33.2 Å².